The lowest BCUT2D eigenvalue weighted by molar-refractivity contribution is 0.101. The van der Waals surface area contributed by atoms with Crippen LogP contribution in [0.2, 0.25) is 0 Å². The van der Waals surface area contributed by atoms with E-state index in [4.69, 9.17) is 18.9 Å². The van der Waals surface area contributed by atoms with E-state index in [1.807, 2.05) is 35.9 Å². The lowest BCUT2D eigenvalue weighted by Crippen LogP contribution is -2.07. The Labute approximate surface area is 179 Å². The second-order valence-electron chi connectivity index (χ2n) is 6.20. The molecule has 0 aliphatic rings. The summed E-state index contributed by atoms with van der Waals surface area (Å²) in [6.07, 6.45) is 0. The van der Waals surface area contributed by atoms with E-state index in [2.05, 4.69) is 10.2 Å². The van der Waals surface area contributed by atoms with Gasteiger partial charge in [-0.05, 0) is 42.5 Å². The van der Waals surface area contributed by atoms with Gasteiger partial charge in [-0.25, -0.2) is 0 Å². The first-order chi connectivity index (χ1) is 14.5. The first kappa shape index (κ1) is 21.5. The molecule has 0 aliphatic heterocycles. The smallest absolute Gasteiger partial charge is 0.191 e. The second-order valence-corrected chi connectivity index (χ2v) is 7.14. The van der Waals surface area contributed by atoms with Crippen LogP contribution in [0.25, 0.3) is 0 Å². The van der Waals surface area contributed by atoms with Gasteiger partial charge in [-0.2, -0.15) is 0 Å². The zero-order valence-corrected chi connectivity index (χ0v) is 18.1. The zero-order valence-electron chi connectivity index (χ0n) is 17.2. The number of hydrogen-bond donors (Lipinski definition) is 0. The highest BCUT2D eigenvalue weighted by Crippen LogP contribution is 2.27. The number of methoxy groups -OCH3 is 3. The van der Waals surface area contributed by atoms with E-state index in [0.717, 1.165) is 5.75 Å². The van der Waals surface area contributed by atoms with E-state index in [0.29, 0.717) is 33.8 Å². The van der Waals surface area contributed by atoms with Crippen molar-refractivity contribution in [3.8, 4) is 23.0 Å². The number of Topliss-reactive ketones (excluding diaryl/α,β-unsaturated/α-hetero) is 1. The van der Waals surface area contributed by atoms with Gasteiger partial charge in [0.15, 0.2) is 16.8 Å². The number of aromatic nitrogens is 3. The van der Waals surface area contributed by atoms with Gasteiger partial charge >= 0.3 is 0 Å². The third-order valence-electron chi connectivity index (χ3n) is 4.39. The number of carbonyl (C=O) groups is 1. The van der Waals surface area contributed by atoms with Gasteiger partial charge < -0.3 is 23.5 Å². The summed E-state index contributed by atoms with van der Waals surface area (Å²) >= 11 is 1.30. The maximum Gasteiger partial charge on any atom is 0.191 e. The van der Waals surface area contributed by atoms with Crippen LogP contribution in [0.4, 0.5) is 0 Å². The van der Waals surface area contributed by atoms with Crippen molar-refractivity contribution in [2.75, 3.05) is 27.1 Å². The minimum atomic E-state index is -0.0882. The van der Waals surface area contributed by atoms with Crippen molar-refractivity contribution in [3.63, 3.8) is 0 Å². The summed E-state index contributed by atoms with van der Waals surface area (Å²) in [7, 11) is 6.54. The fourth-order valence-corrected chi connectivity index (χ4v) is 3.47. The Bertz CT molecular complexity index is 1000. The van der Waals surface area contributed by atoms with Crippen LogP contribution in [0.3, 0.4) is 0 Å². The Kier molecular flexibility index (Phi) is 7.18. The largest absolute Gasteiger partial charge is 0.497 e. The van der Waals surface area contributed by atoms with Crippen LogP contribution in [-0.2, 0) is 13.7 Å². The Balaban J connectivity index is 1.61. The fourth-order valence-electron chi connectivity index (χ4n) is 2.66. The predicted octanol–water partition coefficient (Wildman–Crippen LogP) is 3.39. The highest BCUT2D eigenvalue weighted by Gasteiger charge is 2.17. The van der Waals surface area contributed by atoms with Crippen LogP contribution in [0, 0.1) is 0 Å². The van der Waals surface area contributed by atoms with Crippen LogP contribution in [0.1, 0.15) is 16.2 Å². The summed E-state index contributed by atoms with van der Waals surface area (Å²) in [4.78, 5) is 12.7. The molecule has 0 saturated carbocycles. The van der Waals surface area contributed by atoms with Gasteiger partial charge in [-0.3, -0.25) is 4.79 Å². The average Bonchev–Trinajstić information content (AvgIpc) is 3.15. The van der Waals surface area contributed by atoms with E-state index in [-0.39, 0.29) is 18.1 Å². The Hall–Kier alpha value is -3.20. The van der Waals surface area contributed by atoms with Crippen LogP contribution in [0.15, 0.2) is 47.6 Å². The minimum Gasteiger partial charge on any atom is -0.497 e. The molecule has 0 amide bonds. The van der Waals surface area contributed by atoms with Crippen LogP contribution >= 0.6 is 11.8 Å². The predicted molar refractivity (Wildman–Crippen MR) is 113 cm³/mol. The van der Waals surface area contributed by atoms with Gasteiger partial charge in [0.1, 0.15) is 29.6 Å². The lowest BCUT2D eigenvalue weighted by Gasteiger charge is -2.09. The standard InChI is InChI=1S/C21H23N3O5S/c1-24-20(12-29-15-7-5-14(26-2)6-8-15)22-23-21(24)30-13-18(25)17-11-16(27-3)9-10-19(17)28-4/h5-11H,12-13H2,1-4H3. The summed E-state index contributed by atoms with van der Waals surface area (Å²) in [5.74, 6) is 3.32. The van der Waals surface area contributed by atoms with Gasteiger partial charge in [-0.1, -0.05) is 11.8 Å². The normalized spacial score (nSPS) is 10.5. The van der Waals surface area contributed by atoms with E-state index in [1.54, 1.807) is 32.4 Å². The molecule has 0 spiro atoms. The van der Waals surface area contributed by atoms with Gasteiger partial charge in [0, 0.05) is 7.05 Å². The molecule has 0 radical (unpaired) electrons. The summed E-state index contributed by atoms with van der Waals surface area (Å²) in [5, 5.41) is 8.95. The molecule has 30 heavy (non-hydrogen) atoms. The maximum absolute atomic E-state index is 12.7. The van der Waals surface area contributed by atoms with Crippen molar-refractivity contribution in [1.29, 1.82) is 0 Å². The molecule has 0 bridgehead atoms. The second kappa shape index (κ2) is 10.0. The maximum atomic E-state index is 12.7. The molecule has 0 N–H and O–H groups in total. The molecular formula is C21H23N3O5S. The third-order valence-corrected chi connectivity index (χ3v) is 5.41. The van der Waals surface area contributed by atoms with Crippen molar-refractivity contribution in [1.82, 2.24) is 14.8 Å². The molecule has 0 unspecified atom stereocenters. The number of rotatable bonds is 10. The van der Waals surface area contributed by atoms with Crippen molar-refractivity contribution >= 4 is 17.5 Å². The van der Waals surface area contributed by atoms with Gasteiger partial charge in [0.25, 0.3) is 0 Å². The molecule has 2 aromatic carbocycles. The Morgan fingerprint density at radius 2 is 1.60 bits per heavy atom. The fraction of sp³-hybridized carbons (Fsp3) is 0.286. The summed E-state index contributed by atoms with van der Waals surface area (Å²) in [6.45, 7) is 0.258. The first-order valence-electron chi connectivity index (χ1n) is 9.08. The minimum absolute atomic E-state index is 0.0882. The summed E-state index contributed by atoms with van der Waals surface area (Å²) in [6, 6.07) is 12.4. The van der Waals surface area contributed by atoms with E-state index < -0.39 is 0 Å². The number of thioether (sulfide) groups is 1. The van der Waals surface area contributed by atoms with E-state index in [1.165, 1.54) is 18.9 Å². The molecule has 9 heteroatoms. The first-order valence-corrected chi connectivity index (χ1v) is 10.1. The molecule has 8 nitrogen and oxygen atoms in total. The molecule has 3 aromatic rings. The molecule has 0 atom stereocenters. The monoisotopic (exact) mass is 429 g/mol. The molecule has 158 valence electrons. The Morgan fingerprint density at radius 1 is 0.933 bits per heavy atom. The highest BCUT2D eigenvalue weighted by atomic mass is 32.2. The zero-order chi connectivity index (χ0) is 21.5. The van der Waals surface area contributed by atoms with Crippen molar-refractivity contribution in [3.05, 3.63) is 53.9 Å². The number of hydrogen-bond acceptors (Lipinski definition) is 8. The van der Waals surface area contributed by atoms with Crippen molar-refractivity contribution < 1.29 is 23.7 Å². The summed E-state index contributed by atoms with van der Waals surface area (Å²) < 4.78 is 23.2. The quantitative estimate of drug-likeness (QED) is 0.358. The van der Waals surface area contributed by atoms with Gasteiger partial charge in [0.2, 0.25) is 0 Å². The molecular weight excluding hydrogens is 406 g/mol. The summed E-state index contributed by atoms with van der Waals surface area (Å²) in [5.41, 5.74) is 0.467. The molecule has 0 fully saturated rings. The van der Waals surface area contributed by atoms with Crippen molar-refractivity contribution in [2.24, 2.45) is 7.05 Å². The lowest BCUT2D eigenvalue weighted by atomic mass is 10.1. The number of ether oxygens (including phenoxy) is 4. The van der Waals surface area contributed by atoms with Crippen molar-refractivity contribution in [2.45, 2.75) is 11.8 Å². The van der Waals surface area contributed by atoms with Gasteiger partial charge in [0.05, 0.1) is 32.6 Å². The third kappa shape index (κ3) is 5.04. The van der Waals surface area contributed by atoms with Crippen LogP contribution in [0.5, 0.6) is 23.0 Å². The van der Waals surface area contributed by atoms with Gasteiger partial charge in [-0.15, -0.1) is 10.2 Å². The van der Waals surface area contributed by atoms with Crippen LogP contribution < -0.4 is 18.9 Å². The number of benzene rings is 2. The number of carbonyl (C=O) groups excluding carboxylic acids is 1. The SMILES string of the molecule is COc1ccc(OCc2nnc(SCC(=O)c3cc(OC)ccc3OC)n2C)cc1. The topological polar surface area (TPSA) is 84.7 Å². The van der Waals surface area contributed by atoms with E-state index in [9.17, 15) is 4.79 Å². The number of nitrogens with zero attached hydrogens (tertiary/aromatic N) is 3. The molecule has 0 saturated heterocycles. The molecule has 3 rings (SSSR count). The van der Waals surface area contributed by atoms with E-state index >= 15 is 0 Å². The van der Waals surface area contributed by atoms with Crippen LogP contribution in [-0.4, -0.2) is 47.6 Å². The average molecular weight is 429 g/mol. The Morgan fingerprint density at radius 3 is 2.27 bits per heavy atom. The molecule has 1 aromatic heterocycles. The number of ketones is 1. The molecule has 0 aliphatic carbocycles. The highest BCUT2D eigenvalue weighted by molar-refractivity contribution is 7.99. The molecule has 1 heterocycles.